The van der Waals surface area contributed by atoms with Crippen molar-refractivity contribution in [3.63, 3.8) is 0 Å². The van der Waals surface area contributed by atoms with Gasteiger partial charge in [0.05, 0.1) is 11.1 Å². The summed E-state index contributed by atoms with van der Waals surface area (Å²) in [6.07, 6.45) is 2.79. The SMILES string of the molecule is CCC(C)Cn1cc(-c2ccc(O)c([N+](=O)[O-])c2)nn1. The van der Waals surface area contributed by atoms with Crippen LogP contribution in [0, 0.1) is 16.0 Å². The van der Waals surface area contributed by atoms with E-state index in [0.29, 0.717) is 17.2 Å². The normalized spacial score (nSPS) is 12.3. The molecule has 0 aliphatic rings. The molecule has 0 aliphatic heterocycles. The molecule has 1 unspecified atom stereocenters. The second-order valence-electron chi connectivity index (χ2n) is 4.80. The van der Waals surface area contributed by atoms with Crippen LogP contribution in [0.4, 0.5) is 5.69 Å². The van der Waals surface area contributed by atoms with E-state index in [0.717, 1.165) is 13.0 Å². The maximum Gasteiger partial charge on any atom is 0.311 e. The van der Waals surface area contributed by atoms with Gasteiger partial charge in [-0.15, -0.1) is 5.10 Å². The third kappa shape index (κ3) is 2.93. The number of hydrogen-bond acceptors (Lipinski definition) is 5. The van der Waals surface area contributed by atoms with E-state index in [1.54, 1.807) is 16.9 Å². The number of nitro groups is 1. The van der Waals surface area contributed by atoms with Crippen molar-refractivity contribution in [1.29, 1.82) is 0 Å². The molecule has 1 N–H and O–H groups in total. The lowest BCUT2D eigenvalue weighted by atomic mass is 10.1. The molecule has 1 atom stereocenters. The monoisotopic (exact) mass is 276 g/mol. The van der Waals surface area contributed by atoms with Gasteiger partial charge >= 0.3 is 5.69 Å². The maximum atomic E-state index is 10.8. The average molecular weight is 276 g/mol. The molecule has 2 rings (SSSR count). The molecule has 0 radical (unpaired) electrons. The Hall–Kier alpha value is -2.44. The molecule has 0 amide bonds. The quantitative estimate of drug-likeness (QED) is 0.669. The minimum absolute atomic E-state index is 0.334. The molecular formula is C13H16N4O3. The smallest absolute Gasteiger partial charge is 0.311 e. The number of aromatic nitrogens is 3. The van der Waals surface area contributed by atoms with E-state index in [2.05, 4.69) is 24.2 Å². The Morgan fingerprint density at radius 2 is 2.25 bits per heavy atom. The first-order valence-electron chi connectivity index (χ1n) is 6.39. The third-order valence-electron chi connectivity index (χ3n) is 3.20. The summed E-state index contributed by atoms with van der Waals surface area (Å²) in [5, 5.41) is 28.2. The first-order chi connectivity index (χ1) is 9.51. The molecule has 20 heavy (non-hydrogen) atoms. The highest BCUT2D eigenvalue weighted by atomic mass is 16.6. The van der Waals surface area contributed by atoms with Crippen LogP contribution in [-0.4, -0.2) is 25.0 Å². The Labute approximate surface area is 116 Å². The molecule has 0 spiro atoms. The number of rotatable bonds is 5. The summed E-state index contributed by atoms with van der Waals surface area (Å²) < 4.78 is 1.72. The molecule has 1 aromatic carbocycles. The van der Waals surface area contributed by atoms with Gasteiger partial charge in [-0.2, -0.15) is 0 Å². The van der Waals surface area contributed by atoms with Gasteiger partial charge in [-0.25, -0.2) is 0 Å². The molecule has 0 aliphatic carbocycles. The lowest BCUT2D eigenvalue weighted by molar-refractivity contribution is -0.385. The van der Waals surface area contributed by atoms with Gasteiger partial charge in [0.15, 0.2) is 5.75 Å². The molecule has 7 nitrogen and oxygen atoms in total. The highest BCUT2D eigenvalue weighted by Crippen LogP contribution is 2.30. The van der Waals surface area contributed by atoms with Crippen LogP contribution in [0.5, 0.6) is 5.75 Å². The molecule has 0 saturated carbocycles. The fraction of sp³-hybridized carbons (Fsp3) is 0.385. The second kappa shape index (κ2) is 5.68. The minimum Gasteiger partial charge on any atom is -0.502 e. The van der Waals surface area contributed by atoms with E-state index in [1.165, 1.54) is 12.1 Å². The molecule has 7 heteroatoms. The summed E-state index contributed by atoms with van der Waals surface area (Å²) >= 11 is 0. The number of nitro benzene ring substituents is 1. The average Bonchev–Trinajstić information content (AvgIpc) is 2.87. The number of phenolic OH excluding ortho intramolecular Hbond substituents is 1. The highest BCUT2D eigenvalue weighted by molar-refractivity contribution is 5.64. The van der Waals surface area contributed by atoms with E-state index in [9.17, 15) is 15.2 Å². The topological polar surface area (TPSA) is 94.1 Å². The van der Waals surface area contributed by atoms with Gasteiger partial charge in [0.1, 0.15) is 5.69 Å². The fourth-order valence-corrected chi connectivity index (χ4v) is 1.80. The molecule has 0 fully saturated rings. The Kier molecular flexibility index (Phi) is 3.97. The molecule has 1 aromatic heterocycles. The highest BCUT2D eigenvalue weighted by Gasteiger charge is 2.16. The zero-order valence-electron chi connectivity index (χ0n) is 11.4. The van der Waals surface area contributed by atoms with Crippen molar-refractivity contribution in [3.8, 4) is 17.0 Å². The molecule has 0 bridgehead atoms. The summed E-state index contributed by atoms with van der Waals surface area (Å²) in [4.78, 5) is 10.2. The van der Waals surface area contributed by atoms with E-state index >= 15 is 0 Å². The first-order valence-corrected chi connectivity index (χ1v) is 6.39. The van der Waals surface area contributed by atoms with Gasteiger partial charge in [-0.1, -0.05) is 25.5 Å². The summed E-state index contributed by atoms with van der Waals surface area (Å²) in [5.41, 5.74) is 0.778. The van der Waals surface area contributed by atoms with E-state index in [-0.39, 0.29) is 11.4 Å². The standard InChI is InChI=1S/C13H16N4O3/c1-3-9(2)7-16-8-11(14-15-16)10-4-5-13(18)12(6-10)17(19)20/h4-6,8-9,18H,3,7H2,1-2H3. The van der Waals surface area contributed by atoms with Gasteiger partial charge < -0.3 is 5.11 Å². The van der Waals surface area contributed by atoms with Gasteiger partial charge in [-0.05, 0) is 18.1 Å². The van der Waals surface area contributed by atoms with E-state index in [1.807, 2.05) is 0 Å². The summed E-state index contributed by atoms with van der Waals surface area (Å²) in [7, 11) is 0. The maximum absolute atomic E-state index is 10.8. The van der Waals surface area contributed by atoms with E-state index in [4.69, 9.17) is 0 Å². The van der Waals surface area contributed by atoms with Crippen LogP contribution in [0.15, 0.2) is 24.4 Å². The van der Waals surface area contributed by atoms with Crippen molar-refractivity contribution in [3.05, 3.63) is 34.5 Å². The Morgan fingerprint density at radius 3 is 2.90 bits per heavy atom. The summed E-state index contributed by atoms with van der Waals surface area (Å²) in [6.45, 7) is 4.97. The Bertz CT molecular complexity index is 624. The van der Waals surface area contributed by atoms with Crippen LogP contribution in [-0.2, 0) is 6.54 Å². The first kappa shape index (κ1) is 14.0. The Morgan fingerprint density at radius 1 is 1.50 bits per heavy atom. The van der Waals surface area contributed by atoms with Gasteiger partial charge in [0.25, 0.3) is 0 Å². The van der Waals surface area contributed by atoms with Gasteiger partial charge in [-0.3, -0.25) is 14.8 Å². The fourth-order valence-electron chi connectivity index (χ4n) is 1.80. The van der Waals surface area contributed by atoms with Crippen molar-refractivity contribution in [2.24, 2.45) is 5.92 Å². The largest absolute Gasteiger partial charge is 0.502 e. The summed E-state index contributed by atoms with van der Waals surface area (Å²) in [5.74, 6) is 0.129. The van der Waals surface area contributed by atoms with Crippen LogP contribution >= 0.6 is 0 Å². The number of nitrogens with zero attached hydrogens (tertiary/aromatic N) is 4. The van der Waals surface area contributed by atoms with Crippen LogP contribution in [0.25, 0.3) is 11.3 Å². The predicted octanol–water partition coefficient (Wildman–Crippen LogP) is 2.61. The van der Waals surface area contributed by atoms with Crippen LogP contribution in [0.3, 0.4) is 0 Å². The molecule has 0 saturated heterocycles. The van der Waals surface area contributed by atoms with E-state index < -0.39 is 4.92 Å². The lowest BCUT2D eigenvalue weighted by Crippen LogP contribution is -2.06. The molecule has 2 aromatic rings. The molecule has 1 heterocycles. The number of aromatic hydroxyl groups is 1. The zero-order chi connectivity index (χ0) is 14.7. The second-order valence-corrected chi connectivity index (χ2v) is 4.80. The van der Waals surface area contributed by atoms with Crippen LogP contribution in [0.2, 0.25) is 0 Å². The van der Waals surface area contributed by atoms with Gasteiger partial charge in [0.2, 0.25) is 0 Å². The van der Waals surface area contributed by atoms with Crippen LogP contribution in [0.1, 0.15) is 20.3 Å². The van der Waals surface area contributed by atoms with Gasteiger partial charge in [0, 0.05) is 18.2 Å². The van der Waals surface area contributed by atoms with Crippen molar-refractivity contribution in [2.75, 3.05) is 0 Å². The van der Waals surface area contributed by atoms with Crippen molar-refractivity contribution in [2.45, 2.75) is 26.8 Å². The Balaban J connectivity index is 2.28. The number of hydrogen-bond donors (Lipinski definition) is 1. The zero-order valence-corrected chi connectivity index (χ0v) is 11.4. The number of phenols is 1. The van der Waals surface area contributed by atoms with Crippen molar-refractivity contribution < 1.29 is 10.0 Å². The number of benzene rings is 1. The molecule has 106 valence electrons. The van der Waals surface area contributed by atoms with Crippen LogP contribution < -0.4 is 0 Å². The van der Waals surface area contributed by atoms with Crippen molar-refractivity contribution in [1.82, 2.24) is 15.0 Å². The lowest BCUT2D eigenvalue weighted by Gasteiger charge is -2.06. The predicted molar refractivity (Wildman–Crippen MR) is 73.2 cm³/mol. The third-order valence-corrected chi connectivity index (χ3v) is 3.20. The minimum atomic E-state index is -0.623. The molecular weight excluding hydrogens is 260 g/mol. The summed E-state index contributed by atoms with van der Waals surface area (Å²) in [6, 6.07) is 4.17. The van der Waals surface area contributed by atoms with Crippen molar-refractivity contribution >= 4 is 5.69 Å².